The number of nitrogens with one attached hydrogen (secondary N) is 1. The number of hydrogen-bond donors (Lipinski definition) is 2. The molecule has 0 atom stereocenters. The fraction of sp³-hybridized carbons (Fsp3) is 0.214. The maximum absolute atomic E-state index is 11.7. The number of benzene rings is 1. The first-order valence-electron chi connectivity index (χ1n) is 5.90. The SMILES string of the molecule is Cc1cccc(OCCNC(=O)c2cc(S)cs2)c1. The molecule has 1 amide bonds. The Labute approximate surface area is 122 Å². The summed E-state index contributed by atoms with van der Waals surface area (Å²) in [7, 11) is 0. The van der Waals surface area contributed by atoms with Gasteiger partial charge in [0.2, 0.25) is 0 Å². The molecule has 5 heteroatoms. The highest BCUT2D eigenvalue weighted by Crippen LogP contribution is 2.17. The first-order valence-corrected chi connectivity index (χ1v) is 7.23. The fourth-order valence-corrected chi connectivity index (χ4v) is 2.64. The quantitative estimate of drug-likeness (QED) is 0.656. The number of thiol groups is 1. The molecule has 1 aromatic carbocycles. The van der Waals surface area contributed by atoms with Crippen molar-refractivity contribution in [1.82, 2.24) is 5.32 Å². The van der Waals surface area contributed by atoms with E-state index in [1.165, 1.54) is 11.3 Å². The fourth-order valence-electron chi connectivity index (χ4n) is 1.57. The zero-order valence-electron chi connectivity index (χ0n) is 10.6. The first kappa shape index (κ1) is 14.0. The molecule has 0 saturated heterocycles. The number of hydrogen-bond acceptors (Lipinski definition) is 4. The lowest BCUT2D eigenvalue weighted by molar-refractivity contribution is 0.0951. The van der Waals surface area contributed by atoms with Gasteiger partial charge in [-0.2, -0.15) is 0 Å². The number of aryl methyl sites for hydroxylation is 1. The summed E-state index contributed by atoms with van der Waals surface area (Å²) >= 11 is 5.56. The highest BCUT2D eigenvalue weighted by Gasteiger charge is 2.07. The lowest BCUT2D eigenvalue weighted by atomic mass is 10.2. The summed E-state index contributed by atoms with van der Waals surface area (Å²) in [6, 6.07) is 9.59. The molecule has 0 saturated carbocycles. The summed E-state index contributed by atoms with van der Waals surface area (Å²) in [6.45, 7) is 2.95. The smallest absolute Gasteiger partial charge is 0.261 e. The molecular formula is C14H15NO2S2. The second-order valence-electron chi connectivity index (χ2n) is 4.09. The monoisotopic (exact) mass is 293 g/mol. The normalized spacial score (nSPS) is 10.2. The number of thiophene rings is 1. The second kappa shape index (κ2) is 6.63. The number of ether oxygens (including phenoxy) is 1. The lowest BCUT2D eigenvalue weighted by Gasteiger charge is -2.07. The van der Waals surface area contributed by atoms with Crippen molar-refractivity contribution in [2.24, 2.45) is 0 Å². The average Bonchev–Trinajstić information content (AvgIpc) is 2.81. The van der Waals surface area contributed by atoms with Gasteiger partial charge < -0.3 is 10.1 Å². The summed E-state index contributed by atoms with van der Waals surface area (Å²) in [6.07, 6.45) is 0. The third-order valence-corrected chi connectivity index (χ3v) is 3.82. The van der Waals surface area contributed by atoms with Crippen LogP contribution >= 0.6 is 24.0 Å². The molecule has 2 rings (SSSR count). The standard InChI is InChI=1S/C14H15NO2S2/c1-10-3-2-4-11(7-10)17-6-5-15-14(16)13-8-12(18)9-19-13/h2-4,7-9,18H,5-6H2,1H3,(H,15,16). The molecule has 0 radical (unpaired) electrons. The predicted molar refractivity (Wildman–Crippen MR) is 80.6 cm³/mol. The van der Waals surface area contributed by atoms with Crippen molar-refractivity contribution in [3.63, 3.8) is 0 Å². The minimum absolute atomic E-state index is 0.0851. The Kier molecular flexibility index (Phi) is 4.87. The van der Waals surface area contributed by atoms with Crippen molar-refractivity contribution in [3.8, 4) is 5.75 Å². The van der Waals surface area contributed by atoms with Gasteiger partial charge >= 0.3 is 0 Å². The van der Waals surface area contributed by atoms with Gasteiger partial charge in [0.25, 0.3) is 5.91 Å². The summed E-state index contributed by atoms with van der Waals surface area (Å²) in [5.41, 5.74) is 1.15. The van der Waals surface area contributed by atoms with Crippen LogP contribution in [0, 0.1) is 6.92 Å². The van der Waals surface area contributed by atoms with E-state index in [1.807, 2.05) is 36.6 Å². The largest absolute Gasteiger partial charge is 0.492 e. The molecule has 3 nitrogen and oxygen atoms in total. The molecule has 0 spiro atoms. The molecule has 0 aliphatic carbocycles. The summed E-state index contributed by atoms with van der Waals surface area (Å²) in [5, 5.41) is 4.64. The zero-order valence-corrected chi connectivity index (χ0v) is 12.3. The third kappa shape index (κ3) is 4.29. The second-order valence-corrected chi connectivity index (χ2v) is 5.52. The molecule has 0 unspecified atom stereocenters. The van der Waals surface area contributed by atoms with Crippen molar-refractivity contribution >= 4 is 29.9 Å². The van der Waals surface area contributed by atoms with E-state index in [0.717, 1.165) is 16.2 Å². The minimum atomic E-state index is -0.0851. The Morgan fingerprint density at radius 3 is 2.95 bits per heavy atom. The summed E-state index contributed by atoms with van der Waals surface area (Å²) in [4.78, 5) is 13.2. The molecule has 19 heavy (non-hydrogen) atoms. The Bertz CT molecular complexity index is 566. The highest BCUT2D eigenvalue weighted by atomic mass is 32.1. The maximum Gasteiger partial charge on any atom is 0.261 e. The van der Waals surface area contributed by atoms with Crippen molar-refractivity contribution < 1.29 is 9.53 Å². The Morgan fingerprint density at radius 1 is 1.42 bits per heavy atom. The lowest BCUT2D eigenvalue weighted by Crippen LogP contribution is -2.27. The van der Waals surface area contributed by atoms with E-state index in [9.17, 15) is 4.79 Å². The zero-order chi connectivity index (χ0) is 13.7. The van der Waals surface area contributed by atoms with Gasteiger partial charge in [0.05, 0.1) is 11.4 Å². The van der Waals surface area contributed by atoms with E-state index in [-0.39, 0.29) is 5.91 Å². The van der Waals surface area contributed by atoms with Crippen molar-refractivity contribution in [2.75, 3.05) is 13.2 Å². The van der Waals surface area contributed by atoms with Gasteiger partial charge in [-0.05, 0) is 30.7 Å². The van der Waals surface area contributed by atoms with E-state index < -0.39 is 0 Å². The van der Waals surface area contributed by atoms with Gasteiger partial charge in [-0.3, -0.25) is 4.79 Å². The molecule has 0 fully saturated rings. The first-order chi connectivity index (χ1) is 9.15. The van der Waals surface area contributed by atoms with Gasteiger partial charge in [-0.25, -0.2) is 0 Å². The van der Waals surface area contributed by atoms with Gasteiger partial charge in [-0.15, -0.1) is 24.0 Å². The van der Waals surface area contributed by atoms with Crippen LogP contribution in [-0.2, 0) is 0 Å². The molecule has 1 N–H and O–H groups in total. The molecule has 0 aliphatic rings. The van der Waals surface area contributed by atoms with Crippen LogP contribution in [-0.4, -0.2) is 19.1 Å². The van der Waals surface area contributed by atoms with E-state index in [0.29, 0.717) is 18.0 Å². The van der Waals surface area contributed by atoms with Crippen LogP contribution in [0.5, 0.6) is 5.75 Å². The number of carbonyl (C=O) groups excluding carboxylic acids is 1. The van der Waals surface area contributed by atoms with Crippen LogP contribution in [0.25, 0.3) is 0 Å². The van der Waals surface area contributed by atoms with Gasteiger partial charge in [0, 0.05) is 10.3 Å². The van der Waals surface area contributed by atoms with E-state index >= 15 is 0 Å². The van der Waals surface area contributed by atoms with Crippen LogP contribution in [0.1, 0.15) is 15.2 Å². The van der Waals surface area contributed by atoms with Crippen molar-refractivity contribution in [3.05, 3.63) is 46.2 Å². The topological polar surface area (TPSA) is 38.3 Å². The number of carbonyl (C=O) groups is 1. The van der Waals surface area contributed by atoms with Gasteiger partial charge in [0.1, 0.15) is 12.4 Å². The van der Waals surface area contributed by atoms with Crippen LogP contribution < -0.4 is 10.1 Å². The molecule has 2 aromatic rings. The van der Waals surface area contributed by atoms with Crippen molar-refractivity contribution in [2.45, 2.75) is 11.8 Å². The molecule has 100 valence electrons. The molecular weight excluding hydrogens is 278 g/mol. The maximum atomic E-state index is 11.7. The van der Waals surface area contributed by atoms with Gasteiger partial charge in [-0.1, -0.05) is 12.1 Å². The number of amides is 1. The van der Waals surface area contributed by atoms with Gasteiger partial charge in [0.15, 0.2) is 0 Å². The minimum Gasteiger partial charge on any atom is -0.492 e. The Morgan fingerprint density at radius 2 is 2.26 bits per heavy atom. The van der Waals surface area contributed by atoms with E-state index in [4.69, 9.17) is 4.74 Å². The molecule has 1 heterocycles. The predicted octanol–water partition coefficient (Wildman–Crippen LogP) is 3.15. The molecule has 1 aromatic heterocycles. The van der Waals surface area contributed by atoms with Crippen LogP contribution in [0.3, 0.4) is 0 Å². The van der Waals surface area contributed by atoms with Crippen LogP contribution in [0.4, 0.5) is 0 Å². The molecule has 0 bridgehead atoms. The average molecular weight is 293 g/mol. The van der Waals surface area contributed by atoms with E-state index in [1.54, 1.807) is 6.07 Å². The summed E-state index contributed by atoms with van der Waals surface area (Å²) in [5.74, 6) is 0.737. The van der Waals surface area contributed by atoms with Crippen LogP contribution in [0.15, 0.2) is 40.6 Å². The summed E-state index contributed by atoms with van der Waals surface area (Å²) < 4.78 is 5.55. The number of rotatable bonds is 5. The highest BCUT2D eigenvalue weighted by molar-refractivity contribution is 7.80. The van der Waals surface area contributed by atoms with Crippen molar-refractivity contribution in [1.29, 1.82) is 0 Å². The molecule has 0 aliphatic heterocycles. The van der Waals surface area contributed by atoms with Crippen LogP contribution in [0.2, 0.25) is 0 Å². The Hall–Kier alpha value is -1.46. The third-order valence-electron chi connectivity index (χ3n) is 2.46. The van der Waals surface area contributed by atoms with E-state index in [2.05, 4.69) is 17.9 Å². The Balaban J connectivity index is 1.74.